The lowest BCUT2D eigenvalue weighted by atomic mass is 10.1. The number of aryl methyl sites for hydroxylation is 1. The van der Waals surface area contributed by atoms with Crippen LogP contribution in [-0.2, 0) is 14.3 Å². The maximum Gasteiger partial charge on any atom is 0.330 e. The number of rotatable bonds is 6. The smallest absolute Gasteiger partial charge is 0.330 e. The predicted molar refractivity (Wildman–Crippen MR) is 91.3 cm³/mol. The Morgan fingerprint density at radius 1 is 1.58 bits per heavy atom. The van der Waals surface area contributed by atoms with E-state index in [0.717, 1.165) is 0 Å². The number of ether oxygens (including phenoxy) is 2. The summed E-state index contributed by atoms with van der Waals surface area (Å²) in [5.41, 5.74) is 13.7. The summed E-state index contributed by atoms with van der Waals surface area (Å²) in [5, 5.41) is 3.65. The zero-order chi connectivity index (χ0) is 19.4. The molecule has 0 spiro atoms. The van der Waals surface area contributed by atoms with E-state index in [1.807, 2.05) is 0 Å². The van der Waals surface area contributed by atoms with E-state index >= 15 is 0 Å². The summed E-state index contributed by atoms with van der Waals surface area (Å²) in [5.74, 6) is -0.667. The van der Waals surface area contributed by atoms with Crippen LogP contribution < -0.4 is 17.0 Å². The number of aromatic nitrogens is 2. The van der Waals surface area contributed by atoms with Gasteiger partial charge in [-0.05, 0) is 18.4 Å². The molecule has 1 saturated heterocycles. The number of nitrogens with one attached hydrogen (secondary N) is 1. The van der Waals surface area contributed by atoms with Gasteiger partial charge in [-0.1, -0.05) is 19.0 Å². The summed E-state index contributed by atoms with van der Waals surface area (Å²) < 4.78 is 12.1. The van der Waals surface area contributed by atoms with Gasteiger partial charge in [-0.15, -0.1) is 0 Å². The molecule has 11 heteroatoms. The van der Waals surface area contributed by atoms with Gasteiger partial charge in [0.15, 0.2) is 0 Å². The van der Waals surface area contributed by atoms with Crippen LogP contribution in [0.4, 0.5) is 0 Å². The molecular formula is C15H22N6O5. The first-order valence-electron chi connectivity index (χ1n) is 8.18. The molecule has 1 aliphatic rings. The van der Waals surface area contributed by atoms with Crippen molar-refractivity contribution in [1.82, 2.24) is 9.55 Å². The van der Waals surface area contributed by atoms with E-state index in [9.17, 15) is 14.4 Å². The molecule has 0 bridgehead atoms. The summed E-state index contributed by atoms with van der Waals surface area (Å²) >= 11 is 0. The average Bonchev–Trinajstić information content (AvgIpc) is 2.98. The van der Waals surface area contributed by atoms with E-state index in [0.29, 0.717) is 5.56 Å². The van der Waals surface area contributed by atoms with Gasteiger partial charge in [0.25, 0.3) is 5.56 Å². The highest BCUT2D eigenvalue weighted by Gasteiger charge is 2.37. The van der Waals surface area contributed by atoms with Crippen molar-refractivity contribution in [3.8, 4) is 0 Å². The van der Waals surface area contributed by atoms with Crippen molar-refractivity contribution >= 4 is 5.97 Å². The van der Waals surface area contributed by atoms with Crippen LogP contribution in [0.25, 0.3) is 10.4 Å². The number of esters is 1. The van der Waals surface area contributed by atoms with Gasteiger partial charge in [-0.2, -0.15) is 0 Å². The number of azide groups is 1. The molecule has 11 nitrogen and oxygen atoms in total. The number of aromatic amines is 1. The first kappa shape index (κ1) is 19.7. The van der Waals surface area contributed by atoms with Gasteiger partial charge >= 0.3 is 11.7 Å². The maximum absolute atomic E-state index is 12.0. The highest BCUT2D eigenvalue weighted by molar-refractivity contribution is 5.75. The summed E-state index contributed by atoms with van der Waals surface area (Å²) in [6.45, 7) is 4.99. The SMILES string of the molecule is Cc1cn([C@H]2C[C@H](N=[N+]=[N-])[C@@H](COC(=O)[C@@H](N)C(C)C)O2)c(=O)[nH]c1=O. The lowest BCUT2D eigenvalue weighted by molar-refractivity contribution is -0.151. The molecule has 0 saturated carbocycles. The minimum atomic E-state index is -0.769. The maximum atomic E-state index is 12.0. The van der Waals surface area contributed by atoms with Gasteiger partial charge < -0.3 is 15.2 Å². The van der Waals surface area contributed by atoms with Crippen LogP contribution in [0, 0.1) is 12.8 Å². The molecule has 2 rings (SSSR count). The van der Waals surface area contributed by atoms with Crippen molar-refractivity contribution in [2.45, 2.75) is 51.6 Å². The van der Waals surface area contributed by atoms with Gasteiger partial charge in [0.1, 0.15) is 25.0 Å². The van der Waals surface area contributed by atoms with E-state index < -0.39 is 41.6 Å². The molecule has 0 aromatic carbocycles. The normalized spacial score (nSPS) is 23.5. The molecule has 3 N–H and O–H groups in total. The number of nitrogens with two attached hydrogens (primary N) is 1. The molecule has 1 aromatic heterocycles. The van der Waals surface area contributed by atoms with Crippen molar-refractivity contribution in [1.29, 1.82) is 0 Å². The van der Waals surface area contributed by atoms with Crippen LogP contribution in [0.2, 0.25) is 0 Å². The van der Waals surface area contributed by atoms with E-state index in [-0.39, 0.29) is 18.9 Å². The second-order valence-electron chi connectivity index (χ2n) is 6.52. The van der Waals surface area contributed by atoms with Crippen molar-refractivity contribution in [2.75, 3.05) is 6.61 Å². The number of nitrogens with zero attached hydrogens (tertiary/aromatic N) is 4. The summed E-state index contributed by atoms with van der Waals surface area (Å²) in [7, 11) is 0. The third kappa shape index (κ3) is 4.31. The Kier molecular flexibility index (Phi) is 6.19. The summed E-state index contributed by atoms with van der Waals surface area (Å²) in [6, 6.07) is -1.40. The first-order valence-corrected chi connectivity index (χ1v) is 8.18. The van der Waals surface area contributed by atoms with E-state index in [1.165, 1.54) is 10.8 Å². The average molecular weight is 366 g/mol. The molecule has 2 heterocycles. The van der Waals surface area contributed by atoms with Crippen molar-refractivity contribution in [2.24, 2.45) is 16.8 Å². The highest BCUT2D eigenvalue weighted by Crippen LogP contribution is 2.30. The van der Waals surface area contributed by atoms with Crippen LogP contribution >= 0.6 is 0 Å². The fourth-order valence-corrected chi connectivity index (χ4v) is 2.56. The fraction of sp³-hybridized carbons (Fsp3) is 0.667. The molecule has 0 amide bonds. The molecular weight excluding hydrogens is 344 g/mol. The highest BCUT2D eigenvalue weighted by atomic mass is 16.6. The van der Waals surface area contributed by atoms with Crippen molar-refractivity contribution in [3.63, 3.8) is 0 Å². The zero-order valence-electron chi connectivity index (χ0n) is 14.8. The Bertz CT molecular complexity index is 825. The Hall–Kier alpha value is -2.62. The second kappa shape index (κ2) is 8.17. The molecule has 4 atom stereocenters. The molecule has 26 heavy (non-hydrogen) atoms. The van der Waals surface area contributed by atoms with E-state index in [2.05, 4.69) is 15.0 Å². The van der Waals surface area contributed by atoms with Crippen LogP contribution in [0.5, 0.6) is 0 Å². The quantitative estimate of drug-likeness (QED) is 0.319. The van der Waals surface area contributed by atoms with Crippen molar-refractivity contribution in [3.05, 3.63) is 43.0 Å². The molecule has 0 aliphatic carbocycles. The molecule has 1 fully saturated rings. The molecule has 142 valence electrons. The topological polar surface area (TPSA) is 165 Å². The number of carbonyl (C=O) groups excluding carboxylic acids is 1. The fourth-order valence-electron chi connectivity index (χ4n) is 2.56. The summed E-state index contributed by atoms with van der Waals surface area (Å²) in [4.78, 5) is 40.3. The second-order valence-corrected chi connectivity index (χ2v) is 6.52. The minimum absolute atomic E-state index is 0.0876. The first-order chi connectivity index (χ1) is 12.2. The van der Waals surface area contributed by atoms with Gasteiger partial charge in [0.2, 0.25) is 0 Å². The predicted octanol–water partition coefficient (Wildman–Crippen LogP) is 0.338. The lowest BCUT2D eigenvalue weighted by Gasteiger charge is -2.19. The van der Waals surface area contributed by atoms with Crippen LogP contribution in [0.1, 0.15) is 32.1 Å². The number of carbonyl (C=O) groups is 1. The molecule has 0 unspecified atom stereocenters. The Morgan fingerprint density at radius 3 is 2.88 bits per heavy atom. The largest absolute Gasteiger partial charge is 0.462 e. The molecule has 0 radical (unpaired) electrons. The monoisotopic (exact) mass is 366 g/mol. The third-order valence-electron chi connectivity index (χ3n) is 4.24. The Morgan fingerprint density at radius 2 is 2.27 bits per heavy atom. The van der Waals surface area contributed by atoms with Crippen molar-refractivity contribution < 1.29 is 14.3 Å². The number of hydrogen-bond acceptors (Lipinski definition) is 7. The van der Waals surface area contributed by atoms with E-state index in [4.69, 9.17) is 20.7 Å². The van der Waals surface area contributed by atoms with Crippen LogP contribution in [0.15, 0.2) is 20.9 Å². The standard InChI is InChI=1S/C15H22N6O5/c1-7(2)12(16)14(23)25-6-10-9(19-20-17)4-11(26-10)21-5-8(3)13(22)18-15(21)24/h5,7,9-12H,4,6,16H2,1-3H3,(H,18,22,24)/t9-,10+,11+,12-/m0/s1. The van der Waals surface area contributed by atoms with Crippen LogP contribution in [-0.4, -0.2) is 40.3 Å². The molecule has 1 aromatic rings. The molecule has 1 aliphatic heterocycles. The van der Waals surface area contributed by atoms with Crippen LogP contribution in [0.3, 0.4) is 0 Å². The Balaban J connectivity index is 2.14. The lowest BCUT2D eigenvalue weighted by Crippen LogP contribution is -2.39. The Labute approximate surface area is 148 Å². The minimum Gasteiger partial charge on any atom is -0.462 e. The third-order valence-corrected chi connectivity index (χ3v) is 4.24. The van der Waals surface area contributed by atoms with Gasteiger partial charge in [-0.25, -0.2) is 4.79 Å². The summed E-state index contributed by atoms with van der Waals surface area (Å²) in [6.07, 6.45) is 0.102. The van der Waals surface area contributed by atoms with Gasteiger partial charge in [-0.3, -0.25) is 19.1 Å². The van der Waals surface area contributed by atoms with Gasteiger partial charge in [0.05, 0.1) is 6.04 Å². The number of hydrogen-bond donors (Lipinski definition) is 2. The zero-order valence-corrected chi connectivity index (χ0v) is 14.8. The van der Waals surface area contributed by atoms with Gasteiger partial charge in [0, 0.05) is 23.1 Å². The van der Waals surface area contributed by atoms with E-state index in [1.54, 1.807) is 20.8 Å². The number of H-pyrrole nitrogens is 1.